The maximum atomic E-state index is 14.0. The van der Waals surface area contributed by atoms with Gasteiger partial charge in [-0.1, -0.05) is 25.1 Å². The van der Waals surface area contributed by atoms with E-state index in [2.05, 4.69) is 44.7 Å². The van der Waals surface area contributed by atoms with Crippen LogP contribution in [-0.4, -0.2) is 28.1 Å². The lowest BCUT2D eigenvalue weighted by molar-refractivity contribution is -0.123. The van der Waals surface area contributed by atoms with Gasteiger partial charge in [0.25, 0.3) is 11.1 Å². The maximum absolute atomic E-state index is 14.0. The number of amides is 2. The smallest absolute Gasteiger partial charge is 0.293 e. The molecule has 0 radical (unpaired) electrons. The highest BCUT2D eigenvalue weighted by atomic mass is 32.2. The molecule has 168 valence electrons. The predicted octanol–water partition coefficient (Wildman–Crippen LogP) is 6.48. The van der Waals surface area contributed by atoms with E-state index in [1.54, 1.807) is 18.2 Å². The zero-order valence-electron chi connectivity index (χ0n) is 19.2. The van der Waals surface area contributed by atoms with Gasteiger partial charge in [-0.25, -0.2) is 4.39 Å². The van der Waals surface area contributed by atoms with E-state index in [0.717, 1.165) is 40.8 Å². The van der Waals surface area contributed by atoms with Gasteiger partial charge in [-0.05, 0) is 92.8 Å². The normalized spacial score (nSPS) is 21.4. The van der Waals surface area contributed by atoms with Crippen LogP contribution in [0.1, 0.15) is 62.3 Å². The molecule has 0 aliphatic carbocycles. The van der Waals surface area contributed by atoms with E-state index in [4.69, 9.17) is 0 Å². The van der Waals surface area contributed by atoms with Crippen LogP contribution in [0.3, 0.4) is 0 Å². The van der Waals surface area contributed by atoms with Gasteiger partial charge in [0.2, 0.25) is 0 Å². The Labute approximate surface area is 193 Å². The number of hydrogen-bond acceptors (Lipinski definition) is 4. The molecule has 1 saturated heterocycles. The lowest BCUT2D eigenvalue weighted by Gasteiger charge is -2.47. The van der Waals surface area contributed by atoms with Crippen LogP contribution in [0.4, 0.5) is 14.9 Å². The second kappa shape index (κ2) is 8.39. The van der Waals surface area contributed by atoms with Gasteiger partial charge in [-0.15, -0.1) is 0 Å². The van der Waals surface area contributed by atoms with Crippen molar-refractivity contribution >= 4 is 34.7 Å². The van der Waals surface area contributed by atoms with Gasteiger partial charge in [0.15, 0.2) is 0 Å². The highest BCUT2D eigenvalue weighted by molar-refractivity contribution is 8.18. The average molecular weight is 453 g/mol. The molecule has 0 spiro atoms. The number of anilines is 1. The van der Waals surface area contributed by atoms with Crippen molar-refractivity contribution in [1.82, 2.24) is 4.90 Å². The number of halogens is 1. The number of aryl methyl sites for hydroxylation is 1. The van der Waals surface area contributed by atoms with E-state index in [1.807, 2.05) is 13.0 Å². The summed E-state index contributed by atoms with van der Waals surface area (Å²) < 4.78 is 14.0. The van der Waals surface area contributed by atoms with E-state index in [9.17, 15) is 14.0 Å². The molecule has 2 heterocycles. The fourth-order valence-electron chi connectivity index (χ4n) is 4.98. The fourth-order valence-corrected chi connectivity index (χ4v) is 5.81. The third kappa shape index (κ3) is 3.96. The standard InChI is InChI=1S/C26H29FN2O2S/c1-6-29-22-11-16(2)19(12-20(22)17(3)14-26(29,4)5)13-23-24(30)28(25(31)32-23)15-18-9-7-8-10-21(18)27/h7-13,17H,6,14-15H2,1-5H3/b23-13-. The van der Waals surface area contributed by atoms with Gasteiger partial charge in [0, 0.05) is 23.3 Å². The quantitative estimate of drug-likeness (QED) is 0.498. The summed E-state index contributed by atoms with van der Waals surface area (Å²) in [5.74, 6) is -0.394. The Balaban J connectivity index is 1.66. The number of hydrogen-bond donors (Lipinski definition) is 0. The average Bonchev–Trinajstić information content (AvgIpc) is 2.98. The Morgan fingerprint density at radius 2 is 1.94 bits per heavy atom. The number of nitrogens with zero attached hydrogens (tertiary/aromatic N) is 2. The van der Waals surface area contributed by atoms with E-state index in [-0.39, 0.29) is 23.2 Å². The first-order valence-corrected chi connectivity index (χ1v) is 11.8. The molecule has 0 aromatic heterocycles. The molecule has 4 nitrogen and oxygen atoms in total. The molecule has 2 aliphatic rings. The number of fused-ring (bicyclic) bond motifs is 1. The summed E-state index contributed by atoms with van der Waals surface area (Å²) in [6, 6.07) is 10.6. The minimum Gasteiger partial charge on any atom is -0.366 e. The number of carbonyl (C=O) groups excluding carboxylic acids is 2. The first-order chi connectivity index (χ1) is 15.1. The maximum Gasteiger partial charge on any atom is 0.293 e. The van der Waals surface area contributed by atoms with Crippen LogP contribution in [0.25, 0.3) is 6.08 Å². The molecule has 1 atom stereocenters. The van der Waals surface area contributed by atoms with Gasteiger partial charge >= 0.3 is 0 Å². The summed E-state index contributed by atoms with van der Waals surface area (Å²) in [4.78, 5) is 29.4. The molecule has 32 heavy (non-hydrogen) atoms. The highest BCUT2D eigenvalue weighted by Crippen LogP contribution is 2.45. The van der Waals surface area contributed by atoms with Crippen LogP contribution in [0, 0.1) is 12.7 Å². The first-order valence-electron chi connectivity index (χ1n) is 11.0. The first kappa shape index (κ1) is 22.6. The zero-order valence-corrected chi connectivity index (χ0v) is 20.1. The van der Waals surface area contributed by atoms with Crippen molar-refractivity contribution < 1.29 is 14.0 Å². The summed E-state index contributed by atoms with van der Waals surface area (Å²) >= 11 is 0.919. The van der Waals surface area contributed by atoms with Gasteiger partial charge in [0.05, 0.1) is 11.4 Å². The molecular formula is C26H29FN2O2S. The van der Waals surface area contributed by atoms with Gasteiger partial charge in [0.1, 0.15) is 5.82 Å². The molecule has 0 N–H and O–H groups in total. The van der Waals surface area contributed by atoms with Crippen molar-refractivity contribution in [3.63, 3.8) is 0 Å². The lowest BCUT2D eigenvalue weighted by Crippen LogP contribution is -2.48. The van der Waals surface area contributed by atoms with Crippen LogP contribution >= 0.6 is 11.8 Å². The molecule has 1 fully saturated rings. The molecular weight excluding hydrogens is 423 g/mol. The summed E-state index contributed by atoms with van der Waals surface area (Å²) in [5.41, 5.74) is 4.95. The Bertz CT molecular complexity index is 1120. The third-order valence-electron chi connectivity index (χ3n) is 6.54. The van der Waals surface area contributed by atoms with Gasteiger partial charge < -0.3 is 4.90 Å². The Hall–Kier alpha value is -2.60. The van der Waals surface area contributed by atoms with Crippen molar-refractivity contribution in [3.05, 3.63) is 69.4 Å². The topological polar surface area (TPSA) is 40.6 Å². The third-order valence-corrected chi connectivity index (χ3v) is 7.44. The molecule has 2 aliphatic heterocycles. The number of thioether (sulfide) groups is 1. The largest absolute Gasteiger partial charge is 0.366 e. The zero-order chi connectivity index (χ0) is 23.2. The second-order valence-corrected chi connectivity index (χ2v) is 10.3. The Kier molecular flexibility index (Phi) is 5.93. The molecule has 2 aromatic carbocycles. The summed E-state index contributed by atoms with van der Waals surface area (Å²) in [6.07, 6.45) is 2.86. The summed E-state index contributed by atoms with van der Waals surface area (Å²) in [5, 5.41) is -0.368. The fraction of sp³-hybridized carbons (Fsp3) is 0.385. The van der Waals surface area contributed by atoms with Crippen molar-refractivity contribution in [1.29, 1.82) is 0 Å². The van der Waals surface area contributed by atoms with Gasteiger partial charge in [-0.2, -0.15) is 0 Å². The van der Waals surface area contributed by atoms with Crippen molar-refractivity contribution in [3.8, 4) is 0 Å². The van der Waals surface area contributed by atoms with E-state index in [1.165, 1.54) is 17.3 Å². The van der Waals surface area contributed by atoms with E-state index in [0.29, 0.717) is 16.4 Å². The summed E-state index contributed by atoms with van der Waals surface area (Å²) in [7, 11) is 0. The number of benzene rings is 2. The second-order valence-electron chi connectivity index (χ2n) is 9.29. The predicted molar refractivity (Wildman–Crippen MR) is 129 cm³/mol. The Morgan fingerprint density at radius 1 is 1.22 bits per heavy atom. The van der Waals surface area contributed by atoms with Gasteiger partial charge in [-0.3, -0.25) is 14.5 Å². The molecule has 4 rings (SSSR count). The minimum atomic E-state index is -0.418. The molecule has 0 bridgehead atoms. The van der Waals surface area contributed by atoms with Crippen molar-refractivity contribution in [2.45, 2.75) is 59.0 Å². The lowest BCUT2D eigenvalue weighted by atomic mass is 9.79. The highest BCUT2D eigenvalue weighted by Gasteiger charge is 2.37. The molecule has 0 saturated carbocycles. The number of rotatable bonds is 4. The van der Waals surface area contributed by atoms with Crippen LogP contribution in [0.5, 0.6) is 0 Å². The van der Waals surface area contributed by atoms with Crippen LogP contribution in [0.15, 0.2) is 41.3 Å². The van der Waals surface area contributed by atoms with Crippen LogP contribution in [0.2, 0.25) is 0 Å². The van der Waals surface area contributed by atoms with Crippen molar-refractivity contribution in [2.75, 3.05) is 11.4 Å². The molecule has 2 aromatic rings. The minimum absolute atomic E-state index is 0.0601. The molecule has 1 unspecified atom stereocenters. The SMILES string of the molecule is CCN1c2cc(C)c(/C=C3\SC(=O)N(Cc4ccccc4F)C3=O)cc2C(C)CC1(C)C. The molecule has 6 heteroatoms. The monoisotopic (exact) mass is 452 g/mol. The Morgan fingerprint density at radius 3 is 2.62 bits per heavy atom. The number of imide groups is 1. The van der Waals surface area contributed by atoms with E-state index >= 15 is 0 Å². The summed E-state index contributed by atoms with van der Waals surface area (Å²) in [6.45, 7) is 11.9. The van der Waals surface area contributed by atoms with Crippen molar-refractivity contribution in [2.24, 2.45) is 0 Å². The van der Waals surface area contributed by atoms with Crippen LogP contribution in [-0.2, 0) is 11.3 Å². The van der Waals surface area contributed by atoms with Crippen LogP contribution < -0.4 is 4.90 Å². The molecule has 2 amide bonds. The number of carbonyl (C=O) groups is 2. The van der Waals surface area contributed by atoms with E-state index < -0.39 is 5.82 Å².